The van der Waals surface area contributed by atoms with E-state index in [1.165, 1.54) is 0 Å². The molecule has 6 nitrogen and oxygen atoms in total. The van der Waals surface area contributed by atoms with Crippen molar-refractivity contribution in [3.63, 3.8) is 0 Å². The predicted octanol–water partition coefficient (Wildman–Crippen LogP) is 3.58. The molecule has 2 aromatic heterocycles. The smallest absolute Gasteiger partial charge is 0.255 e. The Morgan fingerprint density at radius 1 is 1.24 bits per heavy atom. The molecule has 29 heavy (non-hydrogen) atoms. The van der Waals surface area contributed by atoms with Crippen LogP contribution in [0.2, 0.25) is 0 Å². The summed E-state index contributed by atoms with van der Waals surface area (Å²) in [5.41, 5.74) is 1.67. The van der Waals surface area contributed by atoms with Crippen molar-refractivity contribution in [2.45, 2.75) is 39.7 Å². The van der Waals surface area contributed by atoms with Crippen molar-refractivity contribution in [1.82, 2.24) is 14.9 Å². The number of carbonyl (C=O) groups is 2. The SMILES string of the molecule is CC(C)CC(=O)[C@H]1CCCN(C(=O)c2ccc(N(C)Cc3cccnc3)nc2)C1. The fourth-order valence-corrected chi connectivity index (χ4v) is 3.76. The van der Waals surface area contributed by atoms with E-state index < -0.39 is 0 Å². The number of likely N-dealkylation sites (tertiary alicyclic amines) is 1. The summed E-state index contributed by atoms with van der Waals surface area (Å²) in [5, 5.41) is 0. The van der Waals surface area contributed by atoms with Gasteiger partial charge in [0.05, 0.1) is 5.56 Å². The molecule has 0 saturated carbocycles. The third kappa shape index (κ3) is 5.62. The summed E-state index contributed by atoms with van der Waals surface area (Å²) in [6.07, 6.45) is 7.57. The van der Waals surface area contributed by atoms with Gasteiger partial charge in [0.15, 0.2) is 0 Å². The average Bonchev–Trinajstić information content (AvgIpc) is 2.73. The van der Waals surface area contributed by atoms with E-state index in [0.29, 0.717) is 37.5 Å². The Balaban J connectivity index is 1.61. The number of carbonyl (C=O) groups excluding carboxylic acids is 2. The Hall–Kier alpha value is -2.76. The van der Waals surface area contributed by atoms with Gasteiger partial charge in [-0.1, -0.05) is 19.9 Å². The lowest BCUT2D eigenvalue weighted by Gasteiger charge is -2.32. The van der Waals surface area contributed by atoms with E-state index >= 15 is 0 Å². The molecule has 0 aromatic carbocycles. The van der Waals surface area contributed by atoms with Gasteiger partial charge in [-0.05, 0) is 42.5 Å². The van der Waals surface area contributed by atoms with Crippen molar-refractivity contribution in [2.75, 3.05) is 25.0 Å². The highest BCUT2D eigenvalue weighted by atomic mass is 16.2. The number of piperidine rings is 1. The lowest BCUT2D eigenvalue weighted by atomic mass is 9.89. The van der Waals surface area contributed by atoms with Crippen LogP contribution in [0.25, 0.3) is 0 Å². The molecule has 0 spiro atoms. The minimum absolute atomic E-state index is 0.0343. The molecule has 3 heterocycles. The molecule has 1 saturated heterocycles. The number of amides is 1. The summed E-state index contributed by atoms with van der Waals surface area (Å²) in [6.45, 7) is 6.03. The molecule has 0 aliphatic carbocycles. The van der Waals surface area contributed by atoms with Crippen molar-refractivity contribution < 1.29 is 9.59 Å². The van der Waals surface area contributed by atoms with Crippen molar-refractivity contribution in [2.24, 2.45) is 11.8 Å². The highest BCUT2D eigenvalue weighted by Crippen LogP contribution is 2.22. The minimum atomic E-state index is -0.0407. The quantitative estimate of drug-likeness (QED) is 0.718. The second-order valence-corrected chi connectivity index (χ2v) is 8.28. The number of Topliss-reactive ketones (excluding diaryl/α,β-unsaturated/α-hetero) is 1. The maximum Gasteiger partial charge on any atom is 0.255 e. The number of rotatable bonds is 7. The molecule has 0 unspecified atom stereocenters. The van der Waals surface area contributed by atoms with E-state index in [-0.39, 0.29) is 17.6 Å². The third-order valence-electron chi connectivity index (χ3n) is 5.30. The van der Waals surface area contributed by atoms with Crippen molar-refractivity contribution in [3.05, 3.63) is 54.0 Å². The van der Waals surface area contributed by atoms with Crippen LogP contribution >= 0.6 is 0 Å². The molecule has 1 atom stereocenters. The van der Waals surface area contributed by atoms with Crippen LogP contribution in [0.4, 0.5) is 5.82 Å². The van der Waals surface area contributed by atoms with Gasteiger partial charge in [-0.15, -0.1) is 0 Å². The predicted molar refractivity (Wildman–Crippen MR) is 114 cm³/mol. The van der Waals surface area contributed by atoms with Crippen molar-refractivity contribution in [1.29, 1.82) is 0 Å². The molecule has 1 fully saturated rings. The minimum Gasteiger partial charge on any atom is -0.355 e. The molecule has 1 aliphatic rings. The lowest BCUT2D eigenvalue weighted by Crippen LogP contribution is -2.42. The van der Waals surface area contributed by atoms with Crippen LogP contribution in [0, 0.1) is 11.8 Å². The lowest BCUT2D eigenvalue weighted by molar-refractivity contribution is -0.124. The van der Waals surface area contributed by atoms with Crippen LogP contribution < -0.4 is 4.90 Å². The van der Waals surface area contributed by atoms with Gasteiger partial charge in [0.25, 0.3) is 5.91 Å². The first-order valence-electron chi connectivity index (χ1n) is 10.3. The van der Waals surface area contributed by atoms with Gasteiger partial charge in [-0.2, -0.15) is 0 Å². The van der Waals surface area contributed by atoms with Crippen LogP contribution in [0.1, 0.15) is 49.0 Å². The molecule has 0 N–H and O–H groups in total. The molecular weight excluding hydrogens is 364 g/mol. The molecule has 1 amide bonds. The first-order valence-corrected chi connectivity index (χ1v) is 10.3. The molecule has 6 heteroatoms. The Morgan fingerprint density at radius 3 is 2.72 bits per heavy atom. The number of nitrogens with zero attached hydrogens (tertiary/aromatic N) is 4. The van der Waals surface area contributed by atoms with E-state index in [1.807, 2.05) is 47.3 Å². The van der Waals surface area contributed by atoms with Crippen LogP contribution in [0.5, 0.6) is 0 Å². The van der Waals surface area contributed by atoms with Gasteiger partial charge >= 0.3 is 0 Å². The fraction of sp³-hybridized carbons (Fsp3) is 0.478. The Morgan fingerprint density at radius 2 is 2.07 bits per heavy atom. The normalized spacial score (nSPS) is 16.7. The summed E-state index contributed by atoms with van der Waals surface area (Å²) in [4.78, 5) is 37.8. The first kappa shape index (κ1) is 21.0. The molecule has 1 aliphatic heterocycles. The van der Waals surface area contributed by atoms with Gasteiger partial charge in [0.1, 0.15) is 11.6 Å². The molecular formula is C23H30N4O2. The summed E-state index contributed by atoms with van der Waals surface area (Å²) in [7, 11) is 1.96. The van der Waals surface area contributed by atoms with Crippen LogP contribution in [0.3, 0.4) is 0 Å². The molecule has 0 bridgehead atoms. The van der Waals surface area contributed by atoms with E-state index in [1.54, 1.807) is 12.4 Å². The van der Waals surface area contributed by atoms with Gasteiger partial charge in [0.2, 0.25) is 0 Å². The Labute approximate surface area is 173 Å². The highest BCUT2D eigenvalue weighted by Gasteiger charge is 2.29. The summed E-state index contributed by atoms with van der Waals surface area (Å²) >= 11 is 0. The van der Waals surface area contributed by atoms with E-state index in [9.17, 15) is 9.59 Å². The summed E-state index contributed by atoms with van der Waals surface area (Å²) in [6, 6.07) is 7.63. The summed E-state index contributed by atoms with van der Waals surface area (Å²) < 4.78 is 0. The van der Waals surface area contributed by atoms with E-state index in [0.717, 1.165) is 24.2 Å². The Kier molecular flexibility index (Phi) is 6.96. The average molecular weight is 395 g/mol. The molecule has 3 rings (SSSR count). The standard InChI is InChI=1S/C23H30N4O2/c1-17(2)12-21(28)20-7-5-11-27(16-20)23(29)19-8-9-22(25-14-19)26(3)15-18-6-4-10-24-13-18/h4,6,8-10,13-14,17,20H,5,7,11-12,15-16H2,1-3H3/t20-/m0/s1. The van der Waals surface area contributed by atoms with Gasteiger partial charge < -0.3 is 9.80 Å². The number of hydrogen-bond donors (Lipinski definition) is 0. The zero-order chi connectivity index (χ0) is 20.8. The number of anilines is 1. The monoisotopic (exact) mass is 394 g/mol. The zero-order valence-corrected chi connectivity index (χ0v) is 17.5. The number of ketones is 1. The van der Waals surface area contributed by atoms with Crippen LogP contribution in [-0.2, 0) is 11.3 Å². The van der Waals surface area contributed by atoms with Gasteiger partial charge in [0, 0.05) is 57.6 Å². The molecule has 0 radical (unpaired) electrons. The maximum atomic E-state index is 12.9. The first-order chi connectivity index (χ1) is 13.9. The molecule has 2 aromatic rings. The molecule has 154 valence electrons. The van der Waals surface area contributed by atoms with E-state index in [2.05, 4.69) is 23.8 Å². The van der Waals surface area contributed by atoms with Crippen molar-refractivity contribution in [3.8, 4) is 0 Å². The highest BCUT2D eigenvalue weighted by molar-refractivity contribution is 5.94. The number of pyridine rings is 2. The van der Waals surface area contributed by atoms with Crippen LogP contribution in [0.15, 0.2) is 42.9 Å². The Bertz CT molecular complexity index is 821. The topological polar surface area (TPSA) is 66.4 Å². The third-order valence-corrected chi connectivity index (χ3v) is 5.30. The largest absolute Gasteiger partial charge is 0.355 e. The zero-order valence-electron chi connectivity index (χ0n) is 17.5. The maximum absolute atomic E-state index is 12.9. The van der Waals surface area contributed by atoms with Gasteiger partial charge in [-0.3, -0.25) is 14.6 Å². The van der Waals surface area contributed by atoms with E-state index in [4.69, 9.17) is 0 Å². The second kappa shape index (κ2) is 9.63. The number of hydrogen-bond acceptors (Lipinski definition) is 5. The fourth-order valence-electron chi connectivity index (χ4n) is 3.76. The second-order valence-electron chi connectivity index (χ2n) is 8.28. The summed E-state index contributed by atoms with van der Waals surface area (Å²) in [5.74, 6) is 1.36. The van der Waals surface area contributed by atoms with Crippen molar-refractivity contribution >= 4 is 17.5 Å². The van der Waals surface area contributed by atoms with Gasteiger partial charge in [-0.25, -0.2) is 4.98 Å². The number of aromatic nitrogens is 2. The van der Waals surface area contributed by atoms with Crippen LogP contribution in [-0.4, -0.2) is 46.7 Å².